The predicted octanol–water partition coefficient (Wildman–Crippen LogP) is -1.06. The lowest BCUT2D eigenvalue weighted by atomic mass is 9.90. The van der Waals surface area contributed by atoms with E-state index in [2.05, 4.69) is 0 Å². The van der Waals surface area contributed by atoms with Gasteiger partial charge in [0.1, 0.15) is 12.1 Å². The summed E-state index contributed by atoms with van der Waals surface area (Å²) in [5, 5.41) is 19.9. The Morgan fingerprint density at radius 1 is 1.59 bits per heavy atom. The third-order valence-electron chi connectivity index (χ3n) is 2.51. The maximum absolute atomic E-state index is 11.8. The van der Waals surface area contributed by atoms with Crippen LogP contribution in [0.2, 0.25) is 0 Å². The third-order valence-corrected chi connectivity index (χ3v) is 2.51. The molecule has 2 N–H and O–H groups in total. The number of rotatable bonds is 1. The van der Waals surface area contributed by atoms with Crippen LogP contribution >= 0.6 is 0 Å². The van der Waals surface area contributed by atoms with Crippen molar-refractivity contribution in [1.82, 2.24) is 0 Å². The van der Waals surface area contributed by atoms with Crippen molar-refractivity contribution >= 4 is 13.0 Å². The van der Waals surface area contributed by atoms with Gasteiger partial charge in [-0.25, -0.2) is 4.79 Å². The Morgan fingerprint density at radius 3 is 2.94 bits per heavy atom. The van der Waals surface area contributed by atoms with Gasteiger partial charge in [-0.1, -0.05) is 6.07 Å². The van der Waals surface area contributed by atoms with Crippen LogP contribution in [0.5, 0.6) is 11.5 Å². The number of hydrogen-bond donors (Lipinski definition) is 2. The van der Waals surface area contributed by atoms with Crippen LogP contribution in [-0.2, 0) is 0 Å². The second-order valence-electron chi connectivity index (χ2n) is 3.85. The van der Waals surface area contributed by atoms with Crippen LogP contribution in [0.1, 0.15) is 15.9 Å². The van der Waals surface area contributed by atoms with Crippen molar-refractivity contribution < 1.29 is 24.3 Å². The largest absolute Gasteiger partial charge is 0.627 e. The Kier molecular flexibility index (Phi) is 3.06. The lowest BCUT2D eigenvalue weighted by Crippen LogP contribution is -3.06. The van der Waals surface area contributed by atoms with E-state index in [0.717, 1.165) is 0 Å². The van der Waals surface area contributed by atoms with Gasteiger partial charge in [0.05, 0.1) is 7.05 Å². The minimum atomic E-state index is -1.12. The summed E-state index contributed by atoms with van der Waals surface area (Å²) in [6.07, 6.45) is 0. The fraction of sp³-hybridized carbons (Fsp3) is 0.300. The van der Waals surface area contributed by atoms with Crippen molar-refractivity contribution in [2.45, 2.75) is 6.92 Å². The van der Waals surface area contributed by atoms with Crippen LogP contribution in [0.3, 0.4) is 0 Å². The van der Waals surface area contributed by atoms with Gasteiger partial charge in [-0.3, -0.25) is 0 Å². The molecule has 0 radical (unpaired) electrons. The fourth-order valence-electron chi connectivity index (χ4n) is 1.68. The van der Waals surface area contributed by atoms with Crippen molar-refractivity contribution in [3.8, 4) is 11.5 Å². The maximum Gasteiger partial charge on any atom is 0.563 e. The molecule has 17 heavy (non-hydrogen) atoms. The normalized spacial score (nSPS) is 15.6. The van der Waals surface area contributed by atoms with Crippen molar-refractivity contribution in [2.75, 3.05) is 13.6 Å². The van der Waals surface area contributed by atoms with Gasteiger partial charge in [-0.05, 0) is 18.6 Å². The highest BCUT2D eigenvalue weighted by Gasteiger charge is 2.31. The molecule has 1 aromatic carbocycles. The lowest BCUT2D eigenvalue weighted by Gasteiger charge is -2.24. The second kappa shape index (κ2) is 4.36. The first kappa shape index (κ1) is 11.9. The molecule has 0 bridgehead atoms. The Labute approximate surface area is 98.5 Å². The summed E-state index contributed by atoms with van der Waals surface area (Å²) < 4.78 is 10.4. The molecule has 1 heterocycles. The van der Waals surface area contributed by atoms with Gasteiger partial charge in [-0.2, -0.15) is 0 Å². The molecule has 90 valence electrons. The van der Waals surface area contributed by atoms with Gasteiger partial charge in [0, 0.05) is 0 Å². The molecule has 1 atom stereocenters. The zero-order valence-corrected chi connectivity index (χ0v) is 9.52. The number of ether oxygens (including phenoxy) is 1. The summed E-state index contributed by atoms with van der Waals surface area (Å²) in [4.78, 5) is 11.8. The first-order valence-electron chi connectivity index (χ1n) is 5.17. The van der Waals surface area contributed by atoms with E-state index < -0.39 is 18.1 Å². The molecule has 0 aliphatic carbocycles. The summed E-state index contributed by atoms with van der Waals surface area (Å²) >= 11 is 0. The highest BCUT2D eigenvalue weighted by Crippen LogP contribution is 2.35. The van der Waals surface area contributed by atoms with E-state index in [0.29, 0.717) is 11.3 Å². The molecule has 0 aromatic heterocycles. The molecule has 6 nitrogen and oxygen atoms in total. The number of nitrogens with one attached hydrogen (secondary N) is 1. The van der Waals surface area contributed by atoms with Gasteiger partial charge >= 0.3 is 13.0 Å². The Bertz CT molecular complexity index is 462. The molecule has 2 rings (SSSR count). The Balaban J connectivity index is 2.53. The van der Waals surface area contributed by atoms with Crippen molar-refractivity contribution in [3.05, 3.63) is 28.5 Å². The van der Waals surface area contributed by atoms with Gasteiger partial charge in [0.25, 0.3) is 0 Å². The van der Waals surface area contributed by atoms with E-state index in [9.17, 15) is 15.0 Å². The van der Waals surface area contributed by atoms with E-state index >= 15 is 0 Å². The minimum absolute atomic E-state index is 0.00373. The van der Waals surface area contributed by atoms with Crippen LogP contribution in [0.25, 0.3) is 0 Å². The maximum atomic E-state index is 11.8. The number of hydrogen-bond acceptors (Lipinski definition) is 5. The van der Waals surface area contributed by atoms with E-state index in [1.165, 1.54) is 7.05 Å². The van der Waals surface area contributed by atoms with Gasteiger partial charge in [0.2, 0.25) is 0 Å². The SMILES string of the molecule is Cc1ccc2c(c1C(=O)[NH+](C)[O-])OB(O)CO2. The third kappa shape index (κ3) is 2.12. The van der Waals surface area contributed by atoms with E-state index in [1.807, 2.05) is 0 Å². The number of benzene rings is 1. The van der Waals surface area contributed by atoms with Gasteiger partial charge in [0.15, 0.2) is 11.5 Å². The molecule has 0 fully saturated rings. The number of quaternary nitrogens is 1. The van der Waals surface area contributed by atoms with Crippen molar-refractivity contribution in [3.63, 3.8) is 0 Å². The standard InChI is InChI=1S/C10H12BNO5/c1-6-3-4-7-9(17-11(14)5-16-7)8(6)10(13)12(2)15/h3-4,12,14H,5H2,1-2H3. The molecule has 1 amide bonds. The van der Waals surface area contributed by atoms with Gasteiger partial charge in [-0.15, -0.1) is 0 Å². The van der Waals surface area contributed by atoms with Crippen LogP contribution in [-0.4, -0.2) is 31.6 Å². The first-order valence-corrected chi connectivity index (χ1v) is 5.17. The average molecular weight is 237 g/mol. The summed E-state index contributed by atoms with van der Waals surface area (Å²) in [7, 11) is 0.0733. The van der Waals surface area contributed by atoms with Crippen LogP contribution < -0.4 is 14.5 Å². The summed E-state index contributed by atoms with van der Waals surface area (Å²) in [6.45, 7) is 1.70. The van der Waals surface area contributed by atoms with Crippen molar-refractivity contribution in [2.24, 2.45) is 0 Å². The molecule has 1 aliphatic rings. The smallest absolute Gasteiger partial charge is 0.563 e. The van der Waals surface area contributed by atoms with Crippen LogP contribution in [0.4, 0.5) is 0 Å². The highest BCUT2D eigenvalue weighted by atomic mass is 16.6. The second-order valence-corrected chi connectivity index (χ2v) is 3.85. The molecule has 1 unspecified atom stereocenters. The number of carbonyl (C=O) groups is 1. The molecule has 1 aliphatic heterocycles. The fourth-order valence-corrected chi connectivity index (χ4v) is 1.68. The van der Waals surface area contributed by atoms with E-state index in [-0.39, 0.29) is 17.8 Å². The number of carbonyl (C=O) groups excluding carboxylic acids is 1. The van der Waals surface area contributed by atoms with Crippen molar-refractivity contribution in [1.29, 1.82) is 0 Å². The Morgan fingerprint density at radius 2 is 2.29 bits per heavy atom. The van der Waals surface area contributed by atoms with Gasteiger partial charge < -0.3 is 24.7 Å². The number of amides is 1. The number of aryl methyl sites for hydroxylation is 1. The molecular formula is C10H12BNO5. The monoisotopic (exact) mass is 237 g/mol. The molecule has 1 aromatic rings. The molecule has 7 heteroatoms. The predicted molar refractivity (Wildman–Crippen MR) is 59.9 cm³/mol. The van der Waals surface area contributed by atoms with E-state index in [4.69, 9.17) is 9.39 Å². The zero-order valence-electron chi connectivity index (χ0n) is 9.52. The number of hydroxylamine groups is 2. The Hall–Kier alpha value is -1.57. The van der Waals surface area contributed by atoms with Crippen LogP contribution in [0, 0.1) is 12.1 Å². The molecule has 0 saturated carbocycles. The lowest BCUT2D eigenvalue weighted by molar-refractivity contribution is -0.732. The zero-order chi connectivity index (χ0) is 12.6. The first-order chi connectivity index (χ1) is 8.00. The molecular weight excluding hydrogens is 225 g/mol. The van der Waals surface area contributed by atoms with E-state index in [1.54, 1.807) is 19.1 Å². The topological polar surface area (TPSA) is 83.3 Å². The summed E-state index contributed by atoms with van der Waals surface area (Å²) in [5.41, 5.74) is 0.774. The average Bonchev–Trinajstić information content (AvgIpc) is 2.27. The quantitative estimate of drug-likeness (QED) is 0.480. The molecule has 0 saturated heterocycles. The highest BCUT2D eigenvalue weighted by molar-refractivity contribution is 6.44. The number of fused-ring (bicyclic) bond motifs is 1. The molecule has 0 spiro atoms. The summed E-state index contributed by atoms with van der Waals surface area (Å²) in [5.74, 6) is -0.133. The van der Waals surface area contributed by atoms with Crippen LogP contribution in [0.15, 0.2) is 12.1 Å². The minimum Gasteiger partial charge on any atom is -0.627 e. The summed E-state index contributed by atoms with van der Waals surface area (Å²) in [6, 6.07) is 3.32.